The highest BCUT2D eigenvalue weighted by molar-refractivity contribution is 5.80. The fourth-order valence-electron chi connectivity index (χ4n) is 3.50. The molecule has 3 fully saturated rings. The van der Waals surface area contributed by atoms with Crippen molar-refractivity contribution in [1.29, 1.82) is 0 Å². The lowest BCUT2D eigenvalue weighted by Crippen LogP contribution is -2.48. The van der Waals surface area contributed by atoms with Gasteiger partial charge in [0.05, 0.1) is 18.1 Å². The van der Waals surface area contributed by atoms with E-state index in [1.54, 1.807) is 0 Å². The van der Waals surface area contributed by atoms with Gasteiger partial charge in [-0.1, -0.05) is 13.8 Å². The quantitative estimate of drug-likeness (QED) is 0.835. The van der Waals surface area contributed by atoms with Crippen molar-refractivity contribution in [3.8, 4) is 0 Å². The first-order valence-electron chi connectivity index (χ1n) is 8.30. The lowest BCUT2D eigenvalue weighted by Gasteiger charge is -2.33. The summed E-state index contributed by atoms with van der Waals surface area (Å²) in [5.74, 6) is 1.07. The number of morpholine rings is 1. The number of hydrogen-bond acceptors (Lipinski definition) is 3. The van der Waals surface area contributed by atoms with E-state index in [9.17, 15) is 4.79 Å². The van der Waals surface area contributed by atoms with Gasteiger partial charge in [0.2, 0.25) is 5.91 Å². The van der Waals surface area contributed by atoms with Crippen LogP contribution in [0.3, 0.4) is 0 Å². The molecule has 4 nitrogen and oxygen atoms in total. The molecule has 0 aromatic rings. The highest BCUT2D eigenvalue weighted by Crippen LogP contribution is 2.33. The summed E-state index contributed by atoms with van der Waals surface area (Å²) in [5.41, 5.74) is 0. The summed E-state index contributed by atoms with van der Waals surface area (Å²) in [4.78, 5) is 14.8. The van der Waals surface area contributed by atoms with Crippen LogP contribution in [-0.2, 0) is 9.53 Å². The van der Waals surface area contributed by atoms with Gasteiger partial charge in [-0.3, -0.25) is 9.69 Å². The molecule has 114 valence electrons. The van der Waals surface area contributed by atoms with Gasteiger partial charge in [0.1, 0.15) is 0 Å². The Balaban J connectivity index is 1.51. The molecule has 0 radical (unpaired) electrons. The third kappa shape index (κ3) is 3.17. The first-order chi connectivity index (χ1) is 9.61. The Bertz CT molecular complexity index is 354. The van der Waals surface area contributed by atoms with Crippen molar-refractivity contribution in [1.82, 2.24) is 10.2 Å². The topological polar surface area (TPSA) is 41.6 Å². The summed E-state index contributed by atoms with van der Waals surface area (Å²) in [6.45, 7) is 7.63. The van der Waals surface area contributed by atoms with Gasteiger partial charge >= 0.3 is 0 Å². The predicted octanol–water partition coefficient (Wildman–Crippen LogP) is 1.79. The fraction of sp³-hybridized carbons (Fsp3) is 0.938. The van der Waals surface area contributed by atoms with Gasteiger partial charge in [0, 0.05) is 19.1 Å². The summed E-state index contributed by atoms with van der Waals surface area (Å²) < 4.78 is 6.00. The monoisotopic (exact) mass is 280 g/mol. The Labute approximate surface area is 122 Å². The van der Waals surface area contributed by atoms with E-state index in [2.05, 4.69) is 24.1 Å². The molecule has 0 spiro atoms. The number of likely N-dealkylation sites (tertiary alicyclic amines) is 1. The Morgan fingerprint density at radius 1 is 1.35 bits per heavy atom. The lowest BCUT2D eigenvalue weighted by molar-refractivity contribution is -0.129. The smallest absolute Gasteiger partial charge is 0.226 e. The van der Waals surface area contributed by atoms with E-state index in [0.29, 0.717) is 6.04 Å². The molecule has 1 aliphatic carbocycles. The highest BCUT2D eigenvalue weighted by Gasteiger charge is 2.44. The molecule has 3 unspecified atom stereocenters. The zero-order valence-corrected chi connectivity index (χ0v) is 12.8. The van der Waals surface area contributed by atoms with Gasteiger partial charge in [-0.15, -0.1) is 0 Å². The number of ether oxygens (including phenoxy) is 1. The minimum absolute atomic E-state index is 0.0876. The number of nitrogens with one attached hydrogen (secondary N) is 1. The van der Waals surface area contributed by atoms with E-state index in [1.807, 2.05) is 0 Å². The molecule has 3 rings (SSSR count). The number of rotatable bonds is 5. The van der Waals surface area contributed by atoms with Crippen LogP contribution < -0.4 is 5.32 Å². The SMILES string of the molecule is CC(C)CCN1CC2CC(C(=O)NC3CCC3)C(C1)O2. The van der Waals surface area contributed by atoms with Crippen molar-refractivity contribution < 1.29 is 9.53 Å². The predicted molar refractivity (Wildman–Crippen MR) is 78.4 cm³/mol. The summed E-state index contributed by atoms with van der Waals surface area (Å²) in [7, 11) is 0. The Kier molecular flexibility index (Phi) is 4.32. The van der Waals surface area contributed by atoms with Crippen LogP contribution in [0.1, 0.15) is 46.0 Å². The van der Waals surface area contributed by atoms with E-state index in [4.69, 9.17) is 4.74 Å². The Morgan fingerprint density at radius 2 is 2.15 bits per heavy atom. The molecule has 4 heteroatoms. The van der Waals surface area contributed by atoms with Gasteiger partial charge < -0.3 is 10.1 Å². The second-order valence-corrected chi connectivity index (χ2v) is 7.22. The molecule has 1 N–H and O–H groups in total. The van der Waals surface area contributed by atoms with Crippen LogP contribution >= 0.6 is 0 Å². The molecule has 3 atom stereocenters. The van der Waals surface area contributed by atoms with Crippen molar-refractivity contribution in [2.45, 2.75) is 64.2 Å². The second-order valence-electron chi connectivity index (χ2n) is 7.22. The van der Waals surface area contributed by atoms with Crippen molar-refractivity contribution in [3.05, 3.63) is 0 Å². The van der Waals surface area contributed by atoms with Crippen LogP contribution in [0.25, 0.3) is 0 Å². The van der Waals surface area contributed by atoms with E-state index in [0.717, 1.165) is 44.8 Å². The number of amides is 1. The maximum Gasteiger partial charge on any atom is 0.226 e. The van der Waals surface area contributed by atoms with E-state index in [-0.39, 0.29) is 24.0 Å². The van der Waals surface area contributed by atoms with Crippen molar-refractivity contribution in [2.24, 2.45) is 11.8 Å². The van der Waals surface area contributed by atoms with Crippen LogP contribution in [0.4, 0.5) is 0 Å². The molecule has 2 saturated heterocycles. The molecule has 2 aliphatic heterocycles. The third-order valence-electron chi connectivity index (χ3n) is 5.04. The first kappa shape index (κ1) is 14.3. The van der Waals surface area contributed by atoms with Gasteiger partial charge in [0.25, 0.3) is 0 Å². The first-order valence-corrected chi connectivity index (χ1v) is 8.30. The number of hydrogen-bond donors (Lipinski definition) is 1. The zero-order chi connectivity index (χ0) is 14.1. The average molecular weight is 280 g/mol. The summed E-state index contributed by atoms with van der Waals surface area (Å²) >= 11 is 0. The molecule has 1 amide bonds. The molecule has 2 heterocycles. The average Bonchev–Trinajstić information content (AvgIpc) is 2.66. The number of fused-ring (bicyclic) bond motifs is 2. The molecule has 3 aliphatic rings. The van der Waals surface area contributed by atoms with Crippen LogP contribution in [0.15, 0.2) is 0 Å². The second kappa shape index (κ2) is 6.02. The highest BCUT2D eigenvalue weighted by atomic mass is 16.5. The lowest BCUT2D eigenvalue weighted by atomic mass is 9.91. The van der Waals surface area contributed by atoms with Crippen LogP contribution in [0.2, 0.25) is 0 Å². The summed E-state index contributed by atoms with van der Waals surface area (Å²) in [5, 5.41) is 3.20. The molecular weight excluding hydrogens is 252 g/mol. The third-order valence-corrected chi connectivity index (χ3v) is 5.04. The fourth-order valence-corrected chi connectivity index (χ4v) is 3.50. The summed E-state index contributed by atoms with van der Waals surface area (Å²) in [6, 6.07) is 0.444. The Hall–Kier alpha value is -0.610. The molecule has 0 aromatic carbocycles. The van der Waals surface area contributed by atoms with Crippen LogP contribution in [-0.4, -0.2) is 48.7 Å². The largest absolute Gasteiger partial charge is 0.371 e. The van der Waals surface area contributed by atoms with Gasteiger partial charge in [-0.2, -0.15) is 0 Å². The maximum atomic E-state index is 12.4. The molecule has 2 bridgehead atoms. The molecular formula is C16H28N2O2. The van der Waals surface area contributed by atoms with E-state index in [1.165, 1.54) is 12.8 Å². The summed E-state index contributed by atoms with van der Waals surface area (Å²) in [6.07, 6.45) is 6.14. The van der Waals surface area contributed by atoms with E-state index >= 15 is 0 Å². The molecule has 1 saturated carbocycles. The Morgan fingerprint density at radius 3 is 2.80 bits per heavy atom. The van der Waals surface area contributed by atoms with Crippen LogP contribution in [0.5, 0.6) is 0 Å². The van der Waals surface area contributed by atoms with Crippen molar-refractivity contribution >= 4 is 5.91 Å². The zero-order valence-electron chi connectivity index (χ0n) is 12.8. The standard InChI is InChI=1S/C16H28N2O2/c1-11(2)6-7-18-9-13-8-14(15(10-18)20-13)16(19)17-12-4-3-5-12/h11-15H,3-10H2,1-2H3,(H,17,19). The van der Waals surface area contributed by atoms with Gasteiger partial charge in [-0.05, 0) is 44.6 Å². The number of nitrogens with zero attached hydrogens (tertiary/aromatic N) is 1. The van der Waals surface area contributed by atoms with Gasteiger partial charge in [-0.25, -0.2) is 0 Å². The minimum atomic E-state index is 0.0876. The number of carbonyl (C=O) groups excluding carboxylic acids is 1. The minimum Gasteiger partial charge on any atom is -0.371 e. The molecule has 0 aromatic heterocycles. The van der Waals surface area contributed by atoms with Crippen molar-refractivity contribution in [2.75, 3.05) is 19.6 Å². The maximum absolute atomic E-state index is 12.4. The van der Waals surface area contributed by atoms with Gasteiger partial charge in [0.15, 0.2) is 0 Å². The molecule has 20 heavy (non-hydrogen) atoms. The number of carbonyl (C=O) groups is 1. The normalized spacial score (nSPS) is 34.2. The van der Waals surface area contributed by atoms with E-state index < -0.39 is 0 Å². The van der Waals surface area contributed by atoms with Crippen molar-refractivity contribution in [3.63, 3.8) is 0 Å². The van der Waals surface area contributed by atoms with Crippen LogP contribution in [0, 0.1) is 11.8 Å².